The van der Waals surface area contributed by atoms with Crippen LogP contribution in [0, 0.1) is 11.7 Å². The molecule has 0 aliphatic heterocycles. The topological polar surface area (TPSA) is 43.1 Å². The van der Waals surface area contributed by atoms with Crippen molar-refractivity contribution < 1.29 is 9.18 Å². The van der Waals surface area contributed by atoms with Gasteiger partial charge in [0.1, 0.15) is 5.82 Å². The maximum atomic E-state index is 13.1. The third-order valence-corrected chi connectivity index (χ3v) is 3.57. The van der Waals surface area contributed by atoms with E-state index in [0.29, 0.717) is 24.3 Å². The minimum absolute atomic E-state index is 0.122. The Hall–Kier alpha value is -1.22. The Morgan fingerprint density at radius 1 is 1.53 bits per heavy atom. The molecule has 1 fully saturated rings. The Labute approximate surface area is 101 Å². The zero-order chi connectivity index (χ0) is 12.5. The summed E-state index contributed by atoms with van der Waals surface area (Å²) in [6.45, 7) is 2.11. The van der Waals surface area contributed by atoms with Gasteiger partial charge in [0.25, 0.3) is 0 Å². The summed E-state index contributed by atoms with van der Waals surface area (Å²) in [5, 5.41) is 0. The number of rotatable bonds is 2. The fraction of sp³-hybridized carbons (Fsp3) is 0.500. The number of benzene rings is 1. The number of hydrogen-bond acceptors (Lipinski definition) is 2. The van der Waals surface area contributed by atoms with Crippen LogP contribution < -0.4 is 5.73 Å². The minimum Gasteiger partial charge on any atom is -0.319 e. The Kier molecular flexibility index (Phi) is 3.29. The molecular formula is C14H18FNO. The predicted molar refractivity (Wildman–Crippen MR) is 65.3 cm³/mol. The molecule has 0 radical (unpaired) electrons. The highest BCUT2D eigenvalue weighted by Crippen LogP contribution is 2.32. The lowest BCUT2D eigenvalue weighted by Crippen LogP contribution is -2.51. The molecule has 2 rings (SSSR count). The van der Waals surface area contributed by atoms with Gasteiger partial charge in [-0.1, -0.05) is 31.9 Å². The van der Waals surface area contributed by atoms with E-state index in [1.807, 2.05) is 0 Å². The number of carbonyl (C=O) groups is 1. The maximum absolute atomic E-state index is 13.1. The molecule has 1 aliphatic carbocycles. The summed E-state index contributed by atoms with van der Waals surface area (Å²) in [5.41, 5.74) is 5.79. The van der Waals surface area contributed by atoms with Crippen LogP contribution >= 0.6 is 0 Å². The molecule has 0 bridgehead atoms. The van der Waals surface area contributed by atoms with E-state index in [1.165, 1.54) is 12.1 Å². The molecule has 1 aromatic carbocycles. The monoisotopic (exact) mass is 235 g/mol. The third-order valence-electron chi connectivity index (χ3n) is 3.57. The lowest BCUT2D eigenvalue weighted by Gasteiger charge is -2.35. The van der Waals surface area contributed by atoms with E-state index in [0.717, 1.165) is 12.8 Å². The molecule has 17 heavy (non-hydrogen) atoms. The number of nitrogens with two attached hydrogens (primary N) is 1. The molecule has 0 heterocycles. The molecular weight excluding hydrogens is 217 g/mol. The number of halogens is 1. The maximum Gasteiger partial charge on any atom is 0.182 e. The first-order valence-corrected chi connectivity index (χ1v) is 6.10. The summed E-state index contributed by atoms with van der Waals surface area (Å²) in [6.07, 6.45) is 3.49. The van der Waals surface area contributed by atoms with Gasteiger partial charge >= 0.3 is 0 Å². The van der Waals surface area contributed by atoms with Crippen LogP contribution in [0.3, 0.4) is 0 Å². The van der Waals surface area contributed by atoms with Crippen LogP contribution in [0.1, 0.15) is 43.0 Å². The smallest absolute Gasteiger partial charge is 0.182 e. The predicted octanol–water partition coefficient (Wildman–Crippen LogP) is 2.92. The van der Waals surface area contributed by atoms with Crippen LogP contribution in [0.2, 0.25) is 0 Å². The first kappa shape index (κ1) is 12.2. The fourth-order valence-corrected chi connectivity index (χ4v) is 2.72. The average Bonchev–Trinajstić information content (AvgIpc) is 2.27. The Morgan fingerprint density at radius 2 is 2.29 bits per heavy atom. The van der Waals surface area contributed by atoms with Crippen LogP contribution in [0.25, 0.3) is 0 Å². The number of carbonyl (C=O) groups excluding carboxylic acids is 1. The molecule has 0 saturated heterocycles. The van der Waals surface area contributed by atoms with Crippen LogP contribution in [-0.2, 0) is 0 Å². The quantitative estimate of drug-likeness (QED) is 0.801. The Bertz CT molecular complexity index is 432. The van der Waals surface area contributed by atoms with Crippen LogP contribution in [0.5, 0.6) is 0 Å². The van der Waals surface area contributed by atoms with Gasteiger partial charge in [-0.15, -0.1) is 0 Å². The summed E-state index contributed by atoms with van der Waals surface area (Å²) < 4.78 is 13.1. The molecule has 2 atom stereocenters. The number of Topliss-reactive ketones (excluding diaryl/α,β-unsaturated/α-hetero) is 1. The van der Waals surface area contributed by atoms with Crippen molar-refractivity contribution in [2.24, 2.45) is 11.7 Å². The zero-order valence-electron chi connectivity index (χ0n) is 10.1. The second kappa shape index (κ2) is 4.57. The van der Waals surface area contributed by atoms with Crippen molar-refractivity contribution in [1.82, 2.24) is 0 Å². The van der Waals surface area contributed by atoms with Gasteiger partial charge in [-0.05, 0) is 30.9 Å². The lowest BCUT2D eigenvalue weighted by atomic mass is 9.73. The fourth-order valence-electron chi connectivity index (χ4n) is 2.72. The van der Waals surface area contributed by atoms with E-state index in [9.17, 15) is 9.18 Å². The molecule has 92 valence electrons. The van der Waals surface area contributed by atoms with Crippen molar-refractivity contribution in [2.75, 3.05) is 0 Å². The SMILES string of the molecule is CC1CCCC(N)(C(=O)c2cccc(F)c2)C1. The first-order chi connectivity index (χ1) is 8.01. The van der Waals surface area contributed by atoms with Crippen LogP contribution in [-0.4, -0.2) is 11.3 Å². The van der Waals surface area contributed by atoms with Crippen molar-refractivity contribution in [2.45, 2.75) is 38.1 Å². The molecule has 0 aromatic heterocycles. The van der Waals surface area contributed by atoms with E-state index in [4.69, 9.17) is 5.73 Å². The van der Waals surface area contributed by atoms with E-state index in [1.54, 1.807) is 12.1 Å². The van der Waals surface area contributed by atoms with Gasteiger partial charge in [-0.3, -0.25) is 4.79 Å². The first-order valence-electron chi connectivity index (χ1n) is 6.10. The molecule has 2 unspecified atom stereocenters. The molecule has 2 N–H and O–H groups in total. The highest BCUT2D eigenvalue weighted by Gasteiger charge is 2.38. The van der Waals surface area contributed by atoms with Gasteiger partial charge in [0.15, 0.2) is 5.78 Å². The van der Waals surface area contributed by atoms with E-state index < -0.39 is 5.54 Å². The normalized spacial score (nSPS) is 29.0. The second-order valence-electron chi connectivity index (χ2n) is 5.20. The Morgan fingerprint density at radius 3 is 2.94 bits per heavy atom. The number of ketones is 1. The van der Waals surface area contributed by atoms with Crippen LogP contribution in [0.4, 0.5) is 4.39 Å². The summed E-state index contributed by atoms with van der Waals surface area (Å²) >= 11 is 0. The Balaban J connectivity index is 2.24. The minimum atomic E-state index is -0.800. The van der Waals surface area contributed by atoms with Gasteiger partial charge in [0.2, 0.25) is 0 Å². The van der Waals surface area contributed by atoms with Crippen LogP contribution in [0.15, 0.2) is 24.3 Å². The van der Waals surface area contributed by atoms with Crippen molar-refractivity contribution in [3.63, 3.8) is 0 Å². The summed E-state index contributed by atoms with van der Waals surface area (Å²) in [5.74, 6) is -0.0434. The molecule has 1 aromatic rings. The van der Waals surface area contributed by atoms with Gasteiger partial charge in [-0.25, -0.2) is 4.39 Å². The summed E-state index contributed by atoms with van der Waals surface area (Å²) in [7, 11) is 0. The molecule has 0 amide bonds. The van der Waals surface area contributed by atoms with Gasteiger partial charge in [-0.2, -0.15) is 0 Å². The highest BCUT2D eigenvalue weighted by molar-refractivity contribution is 6.03. The largest absolute Gasteiger partial charge is 0.319 e. The summed E-state index contributed by atoms with van der Waals surface area (Å²) in [4.78, 5) is 12.3. The van der Waals surface area contributed by atoms with Gasteiger partial charge < -0.3 is 5.73 Å². The van der Waals surface area contributed by atoms with E-state index in [-0.39, 0.29) is 11.6 Å². The average molecular weight is 235 g/mol. The van der Waals surface area contributed by atoms with Crippen molar-refractivity contribution in [3.05, 3.63) is 35.6 Å². The van der Waals surface area contributed by atoms with Gasteiger partial charge in [0, 0.05) is 5.56 Å². The van der Waals surface area contributed by atoms with Crippen molar-refractivity contribution in [3.8, 4) is 0 Å². The van der Waals surface area contributed by atoms with Crippen molar-refractivity contribution in [1.29, 1.82) is 0 Å². The third kappa shape index (κ3) is 2.55. The van der Waals surface area contributed by atoms with Gasteiger partial charge in [0.05, 0.1) is 5.54 Å². The zero-order valence-corrected chi connectivity index (χ0v) is 10.1. The standard InChI is InChI=1S/C14H18FNO/c1-10-4-3-7-14(16,9-10)13(17)11-5-2-6-12(15)8-11/h2,5-6,8,10H,3-4,7,9,16H2,1H3. The molecule has 2 nitrogen and oxygen atoms in total. The number of hydrogen-bond donors (Lipinski definition) is 1. The second-order valence-corrected chi connectivity index (χ2v) is 5.20. The molecule has 0 spiro atoms. The van der Waals surface area contributed by atoms with Crippen molar-refractivity contribution >= 4 is 5.78 Å². The summed E-state index contributed by atoms with van der Waals surface area (Å²) in [6, 6.07) is 5.80. The van der Waals surface area contributed by atoms with E-state index in [2.05, 4.69) is 6.92 Å². The van der Waals surface area contributed by atoms with E-state index >= 15 is 0 Å². The molecule has 1 saturated carbocycles. The molecule has 3 heteroatoms. The highest BCUT2D eigenvalue weighted by atomic mass is 19.1. The molecule has 1 aliphatic rings. The lowest BCUT2D eigenvalue weighted by molar-refractivity contribution is 0.0819.